The second kappa shape index (κ2) is 6.35. The third-order valence-electron chi connectivity index (χ3n) is 2.37. The molecule has 0 radical (unpaired) electrons. The summed E-state index contributed by atoms with van der Waals surface area (Å²) < 4.78 is 4.38. The van der Waals surface area contributed by atoms with Gasteiger partial charge < -0.3 is 4.74 Å². The molecule has 0 rings (SSSR count). The van der Waals surface area contributed by atoms with Crippen molar-refractivity contribution >= 4 is 11.8 Å². The van der Waals surface area contributed by atoms with Crippen LogP contribution in [0.1, 0.15) is 26.7 Å². The zero-order valence-corrected chi connectivity index (χ0v) is 9.08. The Morgan fingerprint density at radius 2 is 2.07 bits per heavy atom. The molecular weight excluding hydrogens is 180 g/mol. The lowest BCUT2D eigenvalue weighted by Gasteiger charge is -2.17. The minimum absolute atomic E-state index is 0.0617. The molecule has 80 valence electrons. The predicted octanol–water partition coefficient (Wildman–Crippen LogP) is 1.97. The van der Waals surface area contributed by atoms with Gasteiger partial charge in [0.25, 0.3) is 0 Å². The Kier molecular flexibility index (Phi) is 5.84. The van der Waals surface area contributed by atoms with Gasteiger partial charge >= 0.3 is 5.97 Å². The predicted molar refractivity (Wildman–Crippen MR) is 54.8 cm³/mol. The van der Waals surface area contributed by atoms with Crippen LogP contribution in [-0.4, -0.2) is 18.9 Å². The number of allylic oxidation sites excluding steroid dienone is 1. The summed E-state index contributed by atoms with van der Waals surface area (Å²) in [7, 11) is 1.22. The summed E-state index contributed by atoms with van der Waals surface area (Å²) in [5.74, 6) is -1.50. The van der Waals surface area contributed by atoms with E-state index in [1.54, 1.807) is 13.0 Å². The molecule has 0 aromatic carbocycles. The van der Waals surface area contributed by atoms with Crippen LogP contribution in [0.3, 0.4) is 0 Å². The van der Waals surface area contributed by atoms with E-state index in [9.17, 15) is 9.59 Å². The van der Waals surface area contributed by atoms with E-state index in [0.29, 0.717) is 0 Å². The van der Waals surface area contributed by atoms with Crippen LogP contribution in [0.4, 0.5) is 0 Å². The molecule has 0 aliphatic rings. The van der Waals surface area contributed by atoms with Gasteiger partial charge in [-0.2, -0.15) is 0 Å². The highest BCUT2D eigenvalue weighted by Gasteiger charge is 2.26. The van der Waals surface area contributed by atoms with E-state index in [1.165, 1.54) is 7.11 Å². The van der Waals surface area contributed by atoms with Gasteiger partial charge in [0.1, 0.15) is 0 Å². The summed E-state index contributed by atoms with van der Waals surface area (Å²) >= 11 is 0. The summed E-state index contributed by atoms with van der Waals surface area (Å²) in [4.78, 5) is 22.4. The van der Waals surface area contributed by atoms with Gasteiger partial charge in [0.05, 0.1) is 7.11 Å². The molecule has 0 saturated carbocycles. The molecule has 3 heteroatoms. The van der Waals surface area contributed by atoms with Crippen molar-refractivity contribution in [3.63, 3.8) is 0 Å². The summed E-state index contributed by atoms with van der Waals surface area (Å²) in [5, 5.41) is 0. The highest BCUT2D eigenvalue weighted by Crippen LogP contribution is 2.19. The van der Waals surface area contributed by atoms with Crippen LogP contribution < -0.4 is 0 Å². The number of carbonyl (C=O) groups excluding carboxylic acids is 2. The maximum Gasteiger partial charge on any atom is 0.374 e. The van der Waals surface area contributed by atoms with Gasteiger partial charge in [0.15, 0.2) is 0 Å². The minimum Gasteiger partial charge on any atom is -0.463 e. The van der Waals surface area contributed by atoms with Gasteiger partial charge in [-0.05, 0) is 12.3 Å². The maximum atomic E-state index is 11.4. The first-order valence-electron chi connectivity index (χ1n) is 4.83. The summed E-state index contributed by atoms with van der Waals surface area (Å²) in [6.45, 7) is 7.43. The number of carbonyl (C=O) groups is 2. The fraction of sp³-hybridized carbons (Fsp3) is 0.636. The van der Waals surface area contributed by atoms with E-state index in [2.05, 4.69) is 11.3 Å². The molecule has 0 bridgehead atoms. The van der Waals surface area contributed by atoms with E-state index >= 15 is 0 Å². The standard InChI is InChI=1S/C11H18O3/c1-5-7-9(6-2)8(3)10(12)11(13)14-4/h6,8-9H,2,5,7H2,1,3-4H3/t8-,9+/m0/s1. The summed E-state index contributed by atoms with van der Waals surface area (Å²) in [5.41, 5.74) is 0. The largest absolute Gasteiger partial charge is 0.463 e. The molecule has 0 heterocycles. The van der Waals surface area contributed by atoms with Crippen molar-refractivity contribution in [2.75, 3.05) is 7.11 Å². The lowest BCUT2D eigenvalue weighted by Crippen LogP contribution is -2.27. The fourth-order valence-electron chi connectivity index (χ4n) is 1.39. The lowest BCUT2D eigenvalue weighted by molar-refractivity contribution is -0.153. The average molecular weight is 198 g/mol. The van der Waals surface area contributed by atoms with E-state index in [1.807, 2.05) is 6.92 Å². The second-order valence-electron chi connectivity index (χ2n) is 3.33. The first-order valence-corrected chi connectivity index (χ1v) is 4.83. The molecule has 0 unspecified atom stereocenters. The number of ketones is 1. The van der Waals surface area contributed by atoms with Gasteiger partial charge in [-0.15, -0.1) is 6.58 Å². The number of esters is 1. The van der Waals surface area contributed by atoms with Crippen molar-refractivity contribution in [2.45, 2.75) is 26.7 Å². The number of methoxy groups -OCH3 is 1. The van der Waals surface area contributed by atoms with Gasteiger partial charge in [-0.25, -0.2) is 4.79 Å². The summed E-state index contributed by atoms with van der Waals surface area (Å²) in [6.07, 6.45) is 3.57. The van der Waals surface area contributed by atoms with Gasteiger partial charge in [0, 0.05) is 5.92 Å². The molecule has 0 spiro atoms. The monoisotopic (exact) mass is 198 g/mol. The van der Waals surface area contributed by atoms with Crippen LogP contribution in [-0.2, 0) is 14.3 Å². The molecule has 0 fully saturated rings. The Bertz CT molecular complexity index is 221. The molecule has 0 aliphatic carbocycles. The van der Waals surface area contributed by atoms with Crippen LogP contribution in [0.25, 0.3) is 0 Å². The second-order valence-corrected chi connectivity index (χ2v) is 3.33. The third-order valence-corrected chi connectivity index (χ3v) is 2.37. The third kappa shape index (κ3) is 3.32. The van der Waals surface area contributed by atoms with Crippen molar-refractivity contribution in [1.29, 1.82) is 0 Å². The number of hydrogen-bond acceptors (Lipinski definition) is 3. The first kappa shape index (κ1) is 12.9. The quantitative estimate of drug-likeness (QED) is 0.372. The molecule has 0 aromatic rings. The van der Waals surface area contributed by atoms with E-state index in [-0.39, 0.29) is 11.8 Å². The SMILES string of the molecule is C=C[C@H](CCC)[C@H](C)C(=O)C(=O)OC. The Hall–Kier alpha value is -1.12. The molecule has 0 aliphatic heterocycles. The van der Waals surface area contributed by atoms with Crippen LogP contribution in [0.15, 0.2) is 12.7 Å². The zero-order valence-electron chi connectivity index (χ0n) is 9.08. The van der Waals surface area contributed by atoms with Crippen molar-refractivity contribution < 1.29 is 14.3 Å². The Morgan fingerprint density at radius 3 is 2.43 bits per heavy atom. The first-order chi connectivity index (χ1) is 6.58. The number of Topliss-reactive ketones (excluding diaryl/α,β-unsaturated/α-hetero) is 1. The highest BCUT2D eigenvalue weighted by molar-refractivity contribution is 6.34. The highest BCUT2D eigenvalue weighted by atomic mass is 16.5. The van der Waals surface area contributed by atoms with Gasteiger partial charge in [-0.3, -0.25) is 4.79 Å². The number of rotatable bonds is 6. The normalized spacial score (nSPS) is 14.2. The van der Waals surface area contributed by atoms with Crippen LogP contribution >= 0.6 is 0 Å². The molecule has 2 atom stereocenters. The van der Waals surface area contributed by atoms with Crippen LogP contribution in [0.5, 0.6) is 0 Å². The van der Waals surface area contributed by atoms with Crippen molar-refractivity contribution in [3.8, 4) is 0 Å². The Labute approximate surface area is 85.1 Å². The Morgan fingerprint density at radius 1 is 1.50 bits per heavy atom. The molecule has 0 amide bonds. The zero-order chi connectivity index (χ0) is 11.1. The van der Waals surface area contributed by atoms with Crippen molar-refractivity contribution in [3.05, 3.63) is 12.7 Å². The van der Waals surface area contributed by atoms with Crippen LogP contribution in [0, 0.1) is 11.8 Å². The average Bonchev–Trinajstić information content (AvgIpc) is 2.22. The lowest BCUT2D eigenvalue weighted by atomic mass is 9.87. The number of ether oxygens (including phenoxy) is 1. The summed E-state index contributed by atoms with van der Waals surface area (Å²) in [6, 6.07) is 0. The van der Waals surface area contributed by atoms with Gasteiger partial charge in [-0.1, -0.05) is 26.3 Å². The van der Waals surface area contributed by atoms with Crippen molar-refractivity contribution in [2.24, 2.45) is 11.8 Å². The van der Waals surface area contributed by atoms with Crippen LogP contribution in [0.2, 0.25) is 0 Å². The molecule has 3 nitrogen and oxygen atoms in total. The van der Waals surface area contributed by atoms with E-state index < -0.39 is 11.8 Å². The van der Waals surface area contributed by atoms with Gasteiger partial charge in [0.2, 0.25) is 5.78 Å². The minimum atomic E-state index is -0.763. The van der Waals surface area contributed by atoms with Crippen molar-refractivity contribution in [1.82, 2.24) is 0 Å². The molecule has 0 aromatic heterocycles. The van der Waals surface area contributed by atoms with E-state index in [0.717, 1.165) is 12.8 Å². The Balaban J connectivity index is 4.41. The molecule has 14 heavy (non-hydrogen) atoms. The smallest absolute Gasteiger partial charge is 0.374 e. The molecular formula is C11H18O3. The van der Waals surface area contributed by atoms with E-state index in [4.69, 9.17) is 0 Å². The fourth-order valence-corrected chi connectivity index (χ4v) is 1.39. The topological polar surface area (TPSA) is 43.4 Å². The maximum absolute atomic E-state index is 11.4. The molecule has 0 saturated heterocycles. The number of hydrogen-bond donors (Lipinski definition) is 0. The molecule has 0 N–H and O–H groups in total.